The largest absolute Gasteiger partial charge is 0.303 e. The van der Waals surface area contributed by atoms with Gasteiger partial charge in [0.05, 0.1) is 0 Å². The summed E-state index contributed by atoms with van der Waals surface area (Å²) in [6, 6.07) is 11.5. The number of benzene rings is 1. The number of hydrogen-bond donors (Lipinski definition) is 0. The summed E-state index contributed by atoms with van der Waals surface area (Å²) < 4.78 is 0. The van der Waals surface area contributed by atoms with Crippen molar-refractivity contribution < 1.29 is 4.79 Å². The van der Waals surface area contributed by atoms with Crippen molar-refractivity contribution in [3.63, 3.8) is 0 Å². The molecule has 0 amide bonds. The molecule has 0 radical (unpaired) electrons. The van der Waals surface area contributed by atoms with E-state index in [0.29, 0.717) is 0 Å². The molecule has 0 spiro atoms. The summed E-state index contributed by atoms with van der Waals surface area (Å²) >= 11 is 0. The van der Waals surface area contributed by atoms with Crippen molar-refractivity contribution in [3.8, 4) is 0 Å². The number of nitrogens with zero attached hydrogens (tertiary/aromatic N) is 1. The Morgan fingerprint density at radius 3 is 2.50 bits per heavy atom. The highest BCUT2D eigenvalue weighted by Crippen LogP contribution is 2.30. The van der Waals surface area contributed by atoms with Gasteiger partial charge in [0.2, 0.25) is 0 Å². The van der Waals surface area contributed by atoms with Crippen molar-refractivity contribution in [2.75, 3.05) is 7.05 Å². The van der Waals surface area contributed by atoms with E-state index in [2.05, 4.69) is 42.3 Å². The number of aldehydes is 1. The van der Waals surface area contributed by atoms with Crippen molar-refractivity contribution >= 4 is 6.29 Å². The fourth-order valence-electron chi connectivity index (χ4n) is 3.36. The van der Waals surface area contributed by atoms with Gasteiger partial charge in [-0.3, -0.25) is 4.90 Å². The summed E-state index contributed by atoms with van der Waals surface area (Å²) in [5.41, 5.74) is 1.41. The highest BCUT2D eigenvalue weighted by atomic mass is 16.1. The van der Waals surface area contributed by atoms with Crippen molar-refractivity contribution in [2.45, 2.75) is 57.5 Å². The number of carbonyl (C=O) groups is 1. The molecular weight excluding hydrogens is 246 g/mol. The van der Waals surface area contributed by atoms with E-state index >= 15 is 0 Å². The van der Waals surface area contributed by atoms with Crippen LogP contribution in [0.15, 0.2) is 30.3 Å². The van der Waals surface area contributed by atoms with E-state index in [9.17, 15) is 4.79 Å². The fourth-order valence-corrected chi connectivity index (χ4v) is 3.36. The quantitative estimate of drug-likeness (QED) is 0.552. The van der Waals surface area contributed by atoms with Gasteiger partial charge in [0.1, 0.15) is 6.29 Å². The molecule has 2 nitrogen and oxygen atoms in total. The third-order valence-electron chi connectivity index (χ3n) is 4.65. The third kappa shape index (κ3) is 4.75. The molecule has 0 unspecified atom stereocenters. The smallest absolute Gasteiger partial charge is 0.119 e. The zero-order chi connectivity index (χ0) is 14.2. The van der Waals surface area contributed by atoms with E-state index in [1.165, 1.54) is 37.7 Å². The van der Waals surface area contributed by atoms with Crippen LogP contribution >= 0.6 is 0 Å². The van der Waals surface area contributed by atoms with E-state index in [0.717, 1.165) is 37.6 Å². The Balaban J connectivity index is 1.71. The van der Waals surface area contributed by atoms with Gasteiger partial charge in [-0.2, -0.15) is 0 Å². The van der Waals surface area contributed by atoms with Crippen molar-refractivity contribution in [3.05, 3.63) is 35.9 Å². The van der Waals surface area contributed by atoms with Crippen molar-refractivity contribution in [1.29, 1.82) is 0 Å². The zero-order valence-corrected chi connectivity index (χ0v) is 12.6. The van der Waals surface area contributed by atoms with Gasteiger partial charge in [-0.25, -0.2) is 0 Å². The highest BCUT2D eigenvalue weighted by Gasteiger charge is 2.23. The second-order valence-corrected chi connectivity index (χ2v) is 6.17. The fraction of sp³-hybridized carbons (Fsp3) is 0.611. The van der Waals surface area contributed by atoms with Gasteiger partial charge in [-0.15, -0.1) is 0 Å². The molecular formula is C18H27NO. The van der Waals surface area contributed by atoms with Gasteiger partial charge < -0.3 is 4.79 Å². The molecule has 0 aromatic heterocycles. The SMILES string of the molecule is CN(Cc1ccccc1)[C@H]1CC[C@@H](CCCC=O)CC1. The lowest BCUT2D eigenvalue weighted by atomic mass is 9.82. The van der Waals surface area contributed by atoms with Gasteiger partial charge in [-0.1, -0.05) is 36.8 Å². The second kappa shape index (κ2) is 8.21. The van der Waals surface area contributed by atoms with Gasteiger partial charge in [-0.05, 0) is 50.6 Å². The van der Waals surface area contributed by atoms with Crippen molar-refractivity contribution in [1.82, 2.24) is 4.90 Å². The Labute approximate surface area is 123 Å². The Morgan fingerprint density at radius 1 is 1.15 bits per heavy atom. The van der Waals surface area contributed by atoms with Crippen LogP contribution in [0.2, 0.25) is 0 Å². The van der Waals surface area contributed by atoms with Crippen LogP contribution in [0, 0.1) is 5.92 Å². The molecule has 2 heteroatoms. The minimum atomic E-state index is 0.734. The first-order chi connectivity index (χ1) is 9.79. The van der Waals surface area contributed by atoms with Gasteiger partial charge in [0.15, 0.2) is 0 Å². The summed E-state index contributed by atoms with van der Waals surface area (Å²) in [5, 5.41) is 0. The molecule has 1 saturated carbocycles. The molecule has 1 aromatic carbocycles. The lowest BCUT2D eigenvalue weighted by Gasteiger charge is -2.34. The molecule has 1 aliphatic rings. The van der Waals surface area contributed by atoms with Crippen LogP contribution in [0.5, 0.6) is 0 Å². The zero-order valence-electron chi connectivity index (χ0n) is 12.6. The Hall–Kier alpha value is -1.15. The van der Waals surface area contributed by atoms with Crippen LogP contribution in [-0.4, -0.2) is 24.3 Å². The molecule has 2 rings (SSSR count). The minimum absolute atomic E-state index is 0.734. The molecule has 0 atom stereocenters. The predicted molar refractivity (Wildman–Crippen MR) is 83.6 cm³/mol. The monoisotopic (exact) mass is 273 g/mol. The molecule has 110 valence electrons. The summed E-state index contributed by atoms with van der Waals surface area (Å²) in [6.07, 6.45) is 9.43. The summed E-state index contributed by atoms with van der Waals surface area (Å²) in [7, 11) is 2.25. The first-order valence-corrected chi connectivity index (χ1v) is 7.97. The van der Waals surface area contributed by atoms with Crippen LogP contribution in [0.25, 0.3) is 0 Å². The van der Waals surface area contributed by atoms with Crippen LogP contribution in [0.4, 0.5) is 0 Å². The molecule has 0 aliphatic heterocycles. The second-order valence-electron chi connectivity index (χ2n) is 6.17. The van der Waals surface area contributed by atoms with E-state index in [1.54, 1.807) is 0 Å². The normalized spacial score (nSPS) is 22.9. The summed E-state index contributed by atoms with van der Waals surface area (Å²) in [4.78, 5) is 12.9. The molecule has 1 fully saturated rings. The Kier molecular flexibility index (Phi) is 6.25. The molecule has 0 heterocycles. The van der Waals surface area contributed by atoms with E-state index in [1.807, 2.05) is 0 Å². The molecule has 0 saturated heterocycles. The first-order valence-electron chi connectivity index (χ1n) is 7.97. The first kappa shape index (κ1) is 15.2. The maximum atomic E-state index is 10.4. The van der Waals surface area contributed by atoms with Gasteiger partial charge in [0, 0.05) is 19.0 Å². The summed E-state index contributed by atoms with van der Waals surface area (Å²) in [5.74, 6) is 0.858. The van der Waals surface area contributed by atoms with Crippen molar-refractivity contribution in [2.24, 2.45) is 5.92 Å². The van der Waals surface area contributed by atoms with Crippen LogP contribution < -0.4 is 0 Å². The predicted octanol–water partition coefficient (Wildman–Crippen LogP) is 4.05. The summed E-state index contributed by atoms with van der Waals surface area (Å²) in [6.45, 7) is 1.06. The lowest BCUT2D eigenvalue weighted by Crippen LogP contribution is -2.34. The van der Waals surface area contributed by atoms with Crippen LogP contribution in [0.3, 0.4) is 0 Å². The average Bonchev–Trinajstić information content (AvgIpc) is 2.49. The lowest BCUT2D eigenvalue weighted by molar-refractivity contribution is -0.108. The van der Waals surface area contributed by atoms with Gasteiger partial charge >= 0.3 is 0 Å². The van der Waals surface area contributed by atoms with Crippen LogP contribution in [0.1, 0.15) is 50.5 Å². The maximum Gasteiger partial charge on any atom is 0.119 e. The van der Waals surface area contributed by atoms with E-state index in [4.69, 9.17) is 0 Å². The molecule has 1 aliphatic carbocycles. The van der Waals surface area contributed by atoms with Gasteiger partial charge in [0.25, 0.3) is 0 Å². The van der Waals surface area contributed by atoms with Crippen LogP contribution in [-0.2, 0) is 11.3 Å². The number of rotatable bonds is 7. The van der Waals surface area contributed by atoms with E-state index < -0.39 is 0 Å². The maximum absolute atomic E-state index is 10.4. The number of carbonyl (C=O) groups excluding carboxylic acids is 1. The molecule has 0 bridgehead atoms. The highest BCUT2D eigenvalue weighted by molar-refractivity contribution is 5.48. The molecule has 1 aromatic rings. The van der Waals surface area contributed by atoms with E-state index in [-0.39, 0.29) is 0 Å². The molecule has 20 heavy (non-hydrogen) atoms. The third-order valence-corrected chi connectivity index (χ3v) is 4.65. The number of hydrogen-bond acceptors (Lipinski definition) is 2. The molecule has 0 N–H and O–H groups in total. The Morgan fingerprint density at radius 2 is 1.85 bits per heavy atom. The standard InChI is InChI=1S/C18H27NO/c1-19(15-17-8-3-2-4-9-17)18-12-10-16(11-13-18)7-5-6-14-20/h2-4,8-9,14,16,18H,5-7,10-13,15H2,1H3/t16-,18+. The Bertz CT molecular complexity index is 382. The average molecular weight is 273 g/mol. The minimum Gasteiger partial charge on any atom is -0.303 e. The topological polar surface area (TPSA) is 20.3 Å². The number of unbranched alkanes of at least 4 members (excludes halogenated alkanes) is 1.